The van der Waals surface area contributed by atoms with Crippen LogP contribution in [0.1, 0.15) is 19.3 Å². The fourth-order valence-corrected chi connectivity index (χ4v) is 3.06. The van der Waals surface area contributed by atoms with E-state index in [1.165, 1.54) is 24.6 Å². The first-order chi connectivity index (χ1) is 4.81. The Kier molecular flexibility index (Phi) is 1.77. The highest BCUT2D eigenvalue weighted by Crippen LogP contribution is 2.49. The van der Waals surface area contributed by atoms with Crippen molar-refractivity contribution >= 4 is 15.9 Å². The predicted molar refractivity (Wildman–Crippen MR) is 46.1 cm³/mol. The van der Waals surface area contributed by atoms with Crippen molar-refractivity contribution in [2.45, 2.75) is 25.3 Å². The van der Waals surface area contributed by atoms with Crippen LogP contribution in [-0.4, -0.2) is 11.4 Å². The lowest BCUT2D eigenvalue weighted by Gasteiger charge is -2.37. The van der Waals surface area contributed by atoms with Crippen LogP contribution in [0.4, 0.5) is 0 Å². The summed E-state index contributed by atoms with van der Waals surface area (Å²) < 4.78 is 0. The summed E-state index contributed by atoms with van der Waals surface area (Å²) in [6.45, 7) is 0. The fourth-order valence-electron chi connectivity index (χ4n) is 2.53. The molecule has 2 fully saturated rings. The van der Waals surface area contributed by atoms with E-state index in [-0.39, 0.29) is 0 Å². The Morgan fingerprint density at radius 1 is 1.30 bits per heavy atom. The molecule has 1 nitrogen and oxygen atoms in total. The van der Waals surface area contributed by atoms with Crippen LogP contribution in [0.2, 0.25) is 0 Å². The monoisotopic (exact) mass is 203 g/mol. The fraction of sp³-hybridized carbons (Fsp3) is 1.00. The summed E-state index contributed by atoms with van der Waals surface area (Å²) in [4.78, 5) is 0. The highest BCUT2D eigenvalue weighted by atomic mass is 79.9. The Balaban J connectivity index is 1.93. The molecule has 0 aromatic heterocycles. The maximum atomic E-state index is 5.87. The maximum absolute atomic E-state index is 5.87. The van der Waals surface area contributed by atoms with Gasteiger partial charge in [0.1, 0.15) is 0 Å². The quantitative estimate of drug-likeness (QED) is 0.647. The highest BCUT2D eigenvalue weighted by Gasteiger charge is 2.45. The Morgan fingerprint density at radius 2 is 2.10 bits per heavy atom. The van der Waals surface area contributed by atoms with Crippen LogP contribution in [0.3, 0.4) is 0 Å². The van der Waals surface area contributed by atoms with E-state index in [4.69, 9.17) is 5.73 Å². The molecule has 0 radical (unpaired) electrons. The van der Waals surface area contributed by atoms with Crippen LogP contribution in [0, 0.1) is 17.8 Å². The molecule has 2 unspecified atom stereocenters. The van der Waals surface area contributed by atoms with Crippen molar-refractivity contribution in [2.24, 2.45) is 23.5 Å². The second-order valence-corrected chi connectivity index (χ2v) is 4.46. The molecule has 0 amide bonds. The number of fused-ring (bicyclic) bond motifs is 1. The van der Waals surface area contributed by atoms with Crippen LogP contribution in [0.25, 0.3) is 0 Å². The van der Waals surface area contributed by atoms with Gasteiger partial charge in [-0.1, -0.05) is 15.9 Å². The lowest BCUT2D eigenvalue weighted by molar-refractivity contribution is 0.173. The predicted octanol–water partition coefficient (Wildman–Crippen LogP) is 1.75. The molecular weight excluding hydrogens is 190 g/mol. The van der Waals surface area contributed by atoms with Crippen LogP contribution in [0.5, 0.6) is 0 Å². The van der Waals surface area contributed by atoms with Crippen LogP contribution in [-0.2, 0) is 0 Å². The summed E-state index contributed by atoms with van der Waals surface area (Å²) >= 11 is 3.54. The van der Waals surface area contributed by atoms with E-state index in [0.29, 0.717) is 6.04 Å². The molecule has 2 heteroatoms. The minimum absolute atomic E-state index is 0.550. The molecular formula is C8H14BrN. The molecule has 0 aromatic rings. The van der Waals surface area contributed by atoms with E-state index in [1.807, 2.05) is 0 Å². The molecule has 0 heterocycles. The Labute approximate surface area is 70.5 Å². The molecule has 58 valence electrons. The highest BCUT2D eigenvalue weighted by molar-refractivity contribution is 9.09. The number of rotatable bonds is 1. The number of alkyl halides is 1. The molecule has 2 aliphatic carbocycles. The van der Waals surface area contributed by atoms with E-state index >= 15 is 0 Å². The third kappa shape index (κ3) is 0.928. The van der Waals surface area contributed by atoms with E-state index < -0.39 is 0 Å². The van der Waals surface area contributed by atoms with E-state index in [1.54, 1.807) is 0 Å². The van der Waals surface area contributed by atoms with Gasteiger partial charge < -0.3 is 5.73 Å². The third-order valence-corrected chi connectivity index (χ3v) is 4.11. The summed E-state index contributed by atoms with van der Waals surface area (Å²) in [5.74, 6) is 2.82. The summed E-state index contributed by atoms with van der Waals surface area (Å²) in [7, 11) is 0. The van der Waals surface area contributed by atoms with E-state index in [2.05, 4.69) is 15.9 Å². The molecule has 2 aliphatic rings. The van der Waals surface area contributed by atoms with Crippen molar-refractivity contribution in [3.05, 3.63) is 0 Å². The van der Waals surface area contributed by atoms with Crippen molar-refractivity contribution < 1.29 is 0 Å². The van der Waals surface area contributed by atoms with Crippen LogP contribution < -0.4 is 5.73 Å². The Morgan fingerprint density at radius 3 is 2.60 bits per heavy atom. The molecule has 0 aromatic carbocycles. The van der Waals surface area contributed by atoms with Gasteiger partial charge in [0.05, 0.1) is 0 Å². The van der Waals surface area contributed by atoms with Gasteiger partial charge in [-0.15, -0.1) is 0 Å². The largest absolute Gasteiger partial charge is 0.327 e. The van der Waals surface area contributed by atoms with Gasteiger partial charge in [0, 0.05) is 11.4 Å². The maximum Gasteiger partial charge on any atom is 0.00726 e. The average Bonchev–Trinajstić information content (AvgIpc) is 2.26. The smallest absolute Gasteiger partial charge is 0.00726 e. The van der Waals surface area contributed by atoms with Gasteiger partial charge in [-0.3, -0.25) is 0 Å². The number of hydrogen-bond donors (Lipinski definition) is 1. The van der Waals surface area contributed by atoms with Gasteiger partial charge in [0.15, 0.2) is 0 Å². The molecule has 2 saturated carbocycles. The van der Waals surface area contributed by atoms with Gasteiger partial charge in [-0.25, -0.2) is 0 Å². The first-order valence-corrected chi connectivity index (χ1v) is 5.25. The van der Waals surface area contributed by atoms with Crippen molar-refractivity contribution in [1.29, 1.82) is 0 Å². The minimum Gasteiger partial charge on any atom is -0.327 e. The summed E-state index contributed by atoms with van der Waals surface area (Å²) in [6, 6.07) is 0.550. The molecule has 10 heavy (non-hydrogen) atoms. The van der Waals surface area contributed by atoms with Crippen molar-refractivity contribution in [1.82, 2.24) is 0 Å². The molecule has 0 spiro atoms. The topological polar surface area (TPSA) is 26.0 Å². The number of halogens is 1. The Hall–Kier alpha value is 0.440. The lowest BCUT2D eigenvalue weighted by atomic mass is 9.72. The number of hydrogen-bond acceptors (Lipinski definition) is 1. The van der Waals surface area contributed by atoms with Gasteiger partial charge in [0.2, 0.25) is 0 Å². The molecule has 2 N–H and O–H groups in total. The van der Waals surface area contributed by atoms with Gasteiger partial charge in [-0.2, -0.15) is 0 Å². The number of nitrogens with two attached hydrogens (primary N) is 1. The van der Waals surface area contributed by atoms with Gasteiger partial charge in [0.25, 0.3) is 0 Å². The van der Waals surface area contributed by atoms with Crippen molar-refractivity contribution in [2.75, 3.05) is 5.33 Å². The summed E-state index contributed by atoms with van der Waals surface area (Å²) in [6.07, 6.45) is 4.12. The van der Waals surface area contributed by atoms with Gasteiger partial charge >= 0.3 is 0 Å². The van der Waals surface area contributed by atoms with Crippen molar-refractivity contribution in [3.8, 4) is 0 Å². The SMILES string of the molecule is NC1C[C@@H]2CC(CBr)C[C@H]12. The molecule has 0 bridgehead atoms. The summed E-state index contributed by atoms with van der Waals surface area (Å²) in [5.41, 5.74) is 5.87. The summed E-state index contributed by atoms with van der Waals surface area (Å²) in [5, 5.41) is 1.19. The molecule has 0 saturated heterocycles. The molecule has 2 rings (SSSR count). The second kappa shape index (κ2) is 2.49. The zero-order valence-electron chi connectivity index (χ0n) is 6.09. The van der Waals surface area contributed by atoms with Crippen LogP contribution in [0.15, 0.2) is 0 Å². The normalized spacial score (nSPS) is 52.2. The molecule has 4 atom stereocenters. The van der Waals surface area contributed by atoms with Crippen LogP contribution >= 0.6 is 15.9 Å². The van der Waals surface area contributed by atoms with E-state index in [0.717, 1.165) is 17.8 Å². The molecule has 0 aliphatic heterocycles. The minimum atomic E-state index is 0.550. The van der Waals surface area contributed by atoms with Crippen molar-refractivity contribution in [3.63, 3.8) is 0 Å². The second-order valence-electron chi connectivity index (χ2n) is 3.82. The standard InChI is InChI=1S/C8H14BrN/c9-4-5-1-6-3-8(10)7(6)2-5/h5-8H,1-4,10H2/t5?,6-,7-,8?/m0/s1. The first-order valence-electron chi connectivity index (χ1n) is 4.12. The van der Waals surface area contributed by atoms with Gasteiger partial charge in [-0.05, 0) is 37.0 Å². The third-order valence-electron chi connectivity index (χ3n) is 3.19. The lowest BCUT2D eigenvalue weighted by Crippen LogP contribution is -2.44. The average molecular weight is 204 g/mol. The Bertz CT molecular complexity index is 137. The zero-order chi connectivity index (χ0) is 7.14. The zero-order valence-corrected chi connectivity index (χ0v) is 7.68. The first kappa shape index (κ1) is 7.11. The van der Waals surface area contributed by atoms with E-state index in [9.17, 15) is 0 Å².